The minimum Gasteiger partial charge on any atom is -0.475 e. The van der Waals surface area contributed by atoms with E-state index in [-0.39, 0.29) is 18.4 Å². The molecule has 4 aliphatic heterocycles. The van der Waals surface area contributed by atoms with Gasteiger partial charge in [0.2, 0.25) is 11.8 Å². The normalized spacial score (nSPS) is 20.7. The van der Waals surface area contributed by atoms with Crippen LogP contribution in [0.4, 0.5) is 17.2 Å². The Morgan fingerprint density at radius 1 is 1.02 bits per heavy atom. The third kappa shape index (κ3) is 6.28. The number of hydrogen-bond acceptors (Lipinski definition) is 9. The number of pyridine rings is 2. The van der Waals surface area contributed by atoms with Crippen LogP contribution in [0.15, 0.2) is 43.1 Å². The number of ether oxygens (including phenoxy) is 1. The molecule has 1 amide bonds. The van der Waals surface area contributed by atoms with E-state index in [1.807, 2.05) is 6.20 Å². The topological polar surface area (TPSA) is 92.1 Å². The molecule has 2 fully saturated rings. The van der Waals surface area contributed by atoms with Crippen molar-refractivity contribution < 1.29 is 9.53 Å². The molecule has 262 valence electrons. The summed E-state index contributed by atoms with van der Waals surface area (Å²) in [6.07, 6.45) is 8.85. The molecule has 50 heavy (non-hydrogen) atoms. The number of likely N-dealkylation sites (N-methyl/N-ethyl adjacent to an activating group) is 1. The van der Waals surface area contributed by atoms with Crippen LogP contribution >= 0.6 is 0 Å². The number of aryl methyl sites for hydroxylation is 3. The van der Waals surface area contributed by atoms with Gasteiger partial charge in [0, 0.05) is 75.4 Å². The first-order chi connectivity index (χ1) is 24.3. The van der Waals surface area contributed by atoms with Crippen LogP contribution in [-0.2, 0) is 24.2 Å². The first-order valence-electron chi connectivity index (χ1n) is 18.2. The highest BCUT2D eigenvalue weighted by Crippen LogP contribution is 2.46. The van der Waals surface area contributed by atoms with Gasteiger partial charge >= 0.3 is 0 Å². The number of piperazine rings is 1. The van der Waals surface area contributed by atoms with Gasteiger partial charge in [-0.2, -0.15) is 10.2 Å². The van der Waals surface area contributed by atoms with Crippen molar-refractivity contribution in [2.45, 2.75) is 71.0 Å². The molecule has 2 aromatic heterocycles. The van der Waals surface area contributed by atoms with Crippen molar-refractivity contribution in [1.82, 2.24) is 19.8 Å². The Hall–Kier alpha value is -4.62. The first kappa shape index (κ1) is 33.9. The maximum absolute atomic E-state index is 12.8. The molecule has 6 heterocycles. The maximum Gasteiger partial charge on any atom is 0.246 e. The molecule has 4 aliphatic rings. The van der Waals surface area contributed by atoms with E-state index in [1.165, 1.54) is 47.0 Å². The number of anilines is 3. The van der Waals surface area contributed by atoms with E-state index < -0.39 is 0 Å². The van der Waals surface area contributed by atoms with Crippen molar-refractivity contribution in [1.29, 1.82) is 5.26 Å². The van der Waals surface area contributed by atoms with E-state index in [1.54, 1.807) is 4.90 Å². The van der Waals surface area contributed by atoms with Crippen LogP contribution in [-0.4, -0.2) is 97.7 Å². The highest BCUT2D eigenvalue weighted by molar-refractivity contribution is 5.88. The summed E-state index contributed by atoms with van der Waals surface area (Å²) in [6, 6.07) is 11.3. The number of benzene rings is 1. The largest absolute Gasteiger partial charge is 0.475 e. The number of carbonyl (C=O) groups is 1. The molecule has 3 aromatic rings. The number of nitrogens with zero attached hydrogens (tertiary/aromatic N) is 8. The quantitative estimate of drug-likeness (QED) is 0.296. The second kappa shape index (κ2) is 14.3. The highest BCUT2D eigenvalue weighted by Gasteiger charge is 2.36. The zero-order valence-corrected chi connectivity index (χ0v) is 30.1. The number of fused-ring (bicyclic) bond motifs is 2. The third-order valence-corrected chi connectivity index (χ3v) is 11.3. The van der Waals surface area contributed by atoms with E-state index in [0.717, 1.165) is 67.1 Å². The Bertz CT molecular complexity index is 1800. The summed E-state index contributed by atoms with van der Waals surface area (Å²) in [5.41, 5.74) is 10.7. The fourth-order valence-corrected chi connectivity index (χ4v) is 8.68. The molecule has 0 unspecified atom stereocenters. The Balaban J connectivity index is 1.38. The van der Waals surface area contributed by atoms with Gasteiger partial charge in [0.05, 0.1) is 35.5 Å². The molecule has 0 aliphatic carbocycles. The van der Waals surface area contributed by atoms with Crippen molar-refractivity contribution >= 4 is 23.1 Å². The monoisotopic (exact) mass is 674 g/mol. The lowest BCUT2D eigenvalue weighted by Crippen LogP contribution is -2.55. The standard InChI is InChI=1S/C40H50N8O2/c1-6-35(49)48-23-22-47(24-30(48)14-17-41)39-32-16-21-46(34-13-7-10-29-11-8-20-45(5)38(29)34)25-33(32)37(36-27(2)15-18-42-28(36)3)40(43-39)50-26-31-12-9-19-44(31)4/h6-7,10,13,15,18,30-31H,1,8-9,11-12,14,16,19-26H2,2-5H3/t30-,31-/m0/s1. The fourth-order valence-electron chi connectivity index (χ4n) is 8.68. The van der Waals surface area contributed by atoms with Gasteiger partial charge in [0.25, 0.3) is 0 Å². The van der Waals surface area contributed by atoms with Crippen molar-refractivity contribution in [2.24, 2.45) is 0 Å². The Labute approximate surface area is 296 Å². The molecule has 0 bridgehead atoms. The van der Waals surface area contributed by atoms with Crippen molar-refractivity contribution in [3.63, 3.8) is 0 Å². The maximum atomic E-state index is 12.8. The SMILES string of the molecule is C=CC(=O)N1CCN(c2nc(OC[C@@H]3CCCN3C)c(-c3c(C)ccnc3C)c3c2CCN(c2cccc4c2N(C)CCC4)C3)C[C@@H]1CC#N. The molecule has 2 atom stereocenters. The lowest BCUT2D eigenvalue weighted by molar-refractivity contribution is -0.128. The molecule has 2 saturated heterocycles. The van der Waals surface area contributed by atoms with Crippen molar-refractivity contribution in [2.75, 3.05) is 74.7 Å². The number of likely N-dealkylation sites (tertiary alicyclic amines) is 1. The molecule has 1 aromatic carbocycles. The molecule has 10 heteroatoms. The summed E-state index contributed by atoms with van der Waals surface area (Å²) in [5, 5.41) is 9.75. The Kier molecular flexibility index (Phi) is 9.69. The van der Waals surface area contributed by atoms with E-state index >= 15 is 0 Å². The number of para-hydroxylation sites is 1. The molecule has 10 nitrogen and oxygen atoms in total. The molecule has 0 saturated carbocycles. The minimum absolute atomic E-state index is 0.130. The average Bonchev–Trinajstić information content (AvgIpc) is 3.54. The van der Waals surface area contributed by atoms with Gasteiger partial charge in [-0.25, -0.2) is 0 Å². The second-order valence-corrected chi connectivity index (χ2v) is 14.4. The fraction of sp³-hybridized carbons (Fsp3) is 0.500. The average molecular weight is 675 g/mol. The van der Waals surface area contributed by atoms with E-state index in [4.69, 9.17) is 14.7 Å². The number of amides is 1. The summed E-state index contributed by atoms with van der Waals surface area (Å²) in [6.45, 7) is 13.9. The first-order valence-corrected chi connectivity index (χ1v) is 18.2. The number of carbonyl (C=O) groups excluding carboxylic acids is 1. The Morgan fingerprint density at radius 2 is 1.88 bits per heavy atom. The van der Waals surface area contributed by atoms with E-state index in [0.29, 0.717) is 44.7 Å². The van der Waals surface area contributed by atoms with Gasteiger partial charge < -0.3 is 29.2 Å². The minimum atomic E-state index is -0.248. The molecule has 0 radical (unpaired) electrons. The van der Waals surface area contributed by atoms with Gasteiger partial charge in [0.15, 0.2) is 0 Å². The summed E-state index contributed by atoms with van der Waals surface area (Å²) < 4.78 is 6.89. The van der Waals surface area contributed by atoms with Crippen LogP contribution in [0, 0.1) is 25.2 Å². The zero-order chi connectivity index (χ0) is 34.9. The summed E-state index contributed by atoms with van der Waals surface area (Å²) >= 11 is 0. The molecule has 0 spiro atoms. The van der Waals surface area contributed by atoms with Crippen LogP contribution in [0.3, 0.4) is 0 Å². The van der Waals surface area contributed by atoms with Crippen molar-refractivity contribution in [3.05, 3.63) is 71.1 Å². The lowest BCUT2D eigenvalue weighted by atomic mass is 9.88. The van der Waals surface area contributed by atoms with Crippen LogP contribution in [0.2, 0.25) is 0 Å². The smallest absolute Gasteiger partial charge is 0.246 e. The third-order valence-electron chi connectivity index (χ3n) is 11.3. The summed E-state index contributed by atoms with van der Waals surface area (Å²) in [7, 11) is 4.40. The van der Waals surface area contributed by atoms with Crippen molar-refractivity contribution in [3.8, 4) is 23.1 Å². The van der Waals surface area contributed by atoms with Crippen LogP contribution in [0.5, 0.6) is 5.88 Å². The van der Waals surface area contributed by atoms with Crippen LogP contribution in [0.25, 0.3) is 11.1 Å². The lowest BCUT2D eigenvalue weighted by Gasteiger charge is -2.43. The van der Waals surface area contributed by atoms with Gasteiger partial charge in [-0.3, -0.25) is 9.78 Å². The molecular weight excluding hydrogens is 624 g/mol. The summed E-state index contributed by atoms with van der Waals surface area (Å²) in [4.78, 5) is 34.5. The number of hydrogen-bond donors (Lipinski definition) is 0. The molecule has 7 rings (SSSR count). The van der Waals surface area contributed by atoms with Crippen LogP contribution in [0.1, 0.15) is 53.6 Å². The van der Waals surface area contributed by atoms with E-state index in [2.05, 4.69) is 84.5 Å². The zero-order valence-electron chi connectivity index (χ0n) is 30.1. The number of rotatable bonds is 8. The predicted octanol–water partition coefficient (Wildman–Crippen LogP) is 5.30. The molecular formula is C40H50N8O2. The predicted molar refractivity (Wildman–Crippen MR) is 199 cm³/mol. The van der Waals surface area contributed by atoms with Crippen LogP contribution < -0.4 is 19.4 Å². The Morgan fingerprint density at radius 3 is 2.64 bits per heavy atom. The van der Waals surface area contributed by atoms with Gasteiger partial charge in [-0.05, 0) is 94.4 Å². The highest BCUT2D eigenvalue weighted by atomic mass is 16.5. The number of aromatic nitrogens is 2. The van der Waals surface area contributed by atoms with Gasteiger partial charge in [0.1, 0.15) is 12.4 Å². The summed E-state index contributed by atoms with van der Waals surface area (Å²) in [5.74, 6) is 1.43. The molecule has 0 N–H and O–H groups in total. The van der Waals surface area contributed by atoms with Gasteiger partial charge in [-0.1, -0.05) is 18.7 Å². The number of nitriles is 1. The van der Waals surface area contributed by atoms with E-state index in [9.17, 15) is 10.1 Å². The second-order valence-electron chi connectivity index (χ2n) is 14.4. The van der Waals surface area contributed by atoms with Gasteiger partial charge in [-0.15, -0.1) is 0 Å².